The number of rotatable bonds is 0. The molecule has 4 heteroatoms. The molecule has 78 valence electrons. The van der Waals surface area contributed by atoms with Crippen LogP contribution in [0.15, 0.2) is 0 Å². The Morgan fingerprint density at radius 1 is 0.846 bits per heavy atom. The second kappa shape index (κ2) is 6.59. The van der Waals surface area contributed by atoms with Crippen molar-refractivity contribution in [3.8, 4) is 0 Å². The summed E-state index contributed by atoms with van der Waals surface area (Å²) in [6.07, 6.45) is 4.00. The third kappa shape index (κ3) is 7.11. The van der Waals surface area contributed by atoms with Gasteiger partial charge in [-0.05, 0) is 47.0 Å². The summed E-state index contributed by atoms with van der Waals surface area (Å²) in [5.74, 6) is 0. The average molecular weight is 222 g/mol. The van der Waals surface area contributed by atoms with Gasteiger partial charge in [-0.3, -0.25) is 0 Å². The molecule has 0 saturated carbocycles. The summed E-state index contributed by atoms with van der Waals surface area (Å²) < 4.78 is 0. The van der Waals surface area contributed by atoms with Crippen LogP contribution in [-0.4, -0.2) is 29.9 Å². The molecule has 1 heterocycles. The van der Waals surface area contributed by atoms with E-state index in [1.165, 1.54) is 19.3 Å². The molecule has 0 spiro atoms. The van der Waals surface area contributed by atoms with Crippen LogP contribution in [0, 0.1) is 0 Å². The van der Waals surface area contributed by atoms with Gasteiger partial charge in [-0.2, -0.15) is 0 Å². The zero-order chi connectivity index (χ0) is 7.83. The molecule has 1 saturated heterocycles. The van der Waals surface area contributed by atoms with Crippen molar-refractivity contribution in [3.05, 3.63) is 0 Å². The summed E-state index contributed by atoms with van der Waals surface area (Å²) in [5.41, 5.74) is 0.726. The van der Waals surface area contributed by atoms with Crippen molar-refractivity contribution in [1.82, 2.24) is 5.32 Å². The summed E-state index contributed by atoms with van der Waals surface area (Å²) in [5, 5.41) is 3.63. The van der Waals surface area contributed by atoms with E-state index in [9.17, 15) is 0 Å². The van der Waals surface area contributed by atoms with Gasteiger partial charge in [0.25, 0.3) is 0 Å². The van der Waals surface area contributed by atoms with Gasteiger partial charge < -0.3 is 5.32 Å². The van der Waals surface area contributed by atoms with Crippen LogP contribution >= 0.6 is 24.8 Å². The first-order valence-electron chi connectivity index (χ1n) is 4.21. The number of hydrogen-bond donors (Lipinski definition) is 1. The van der Waals surface area contributed by atoms with Crippen LogP contribution in [0.4, 0.5) is 0 Å². The molecule has 0 atom stereocenters. The molecule has 13 heavy (non-hydrogen) atoms. The van der Waals surface area contributed by atoms with Gasteiger partial charge in [-0.1, -0.05) is 0 Å². The van der Waals surface area contributed by atoms with Crippen LogP contribution in [0.3, 0.4) is 0 Å². The van der Waals surface area contributed by atoms with E-state index in [4.69, 9.17) is 0 Å². The predicted octanol–water partition coefficient (Wildman–Crippen LogP) is 2.51. The topological polar surface area (TPSA) is 12.0 Å². The first kappa shape index (κ1) is 19.7. The van der Waals surface area contributed by atoms with Gasteiger partial charge >= 0.3 is 18.9 Å². The molecule has 1 aliphatic heterocycles. The van der Waals surface area contributed by atoms with Crippen LogP contribution in [0.2, 0.25) is 0 Å². The van der Waals surface area contributed by atoms with Crippen LogP contribution in [0.5, 0.6) is 0 Å². The van der Waals surface area contributed by atoms with Crippen LogP contribution in [0.1, 0.15) is 47.0 Å². The molecule has 0 aliphatic carbocycles. The summed E-state index contributed by atoms with van der Waals surface area (Å²) in [7, 11) is 0. The minimum absolute atomic E-state index is 0. The van der Waals surface area contributed by atoms with Crippen molar-refractivity contribution in [2.24, 2.45) is 0 Å². The fourth-order valence-electron chi connectivity index (χ4n) is 2.01. The van der Waals surface area contributed by atoms with Crippen molar-refractivity contribution in [2.45, 2.75) is 58.0 Å². The molecule has 0 aromatic rings. The molecule has 1 nitrogen and oxygen atoms in total. The second-order valence-corrected chi connectivity index (χ2v) is 4.75. The second-order valence-electron chi connectivity index (χ2n) is 4.75. The van der Waals surface area contributed by atoms with Crippen LogP contribution < -0.4 is 5.32 Å². The van der Waals surface area contributed by atoms with Crippen molar-refractivity contribution >= 4 is 43.7 Å². The van der Waals surface area contributed by atoms with E-state index in [2.05, 4.69) is 33.0 Å². The summed E-state index contributed by atoms with van der Waals surface area (Å²) in [4.78, 5) is 0. The predicted molar refractivity (Wildman–Crippen MR) is 66.8 cm³/mol. The first-order valence-corrected chi connectivity index (χ1v) is 4.21. The van der Waals surface area contributed by atoms with Gasteiger partial charge in [0.15, 0.2) is 0 Å². The van der Waals surface area contributed by atoms with E-state index < -0.39 is 0 Å². The zero-order valence-electron chi connectivity index (χ0n) is 8.44. The first-order chi connectivity index (χ1) is 4.41. The molecule has 0 amide bonds. The van der Waals surface area contributed by atoms with Crippen molar-refractivity contribution in [3.63, 3.8) is 0 Å². The molecule has 0 unspecified atom stereocenters. The normalized spacial score (nSPS) is 23.1. The van der Waals surface area contributed by atoms with Crippen molar-refractivity contribution in [1.29, 1.82) is 0 Å². The Labute approximate surface area is 107 Å². The maximum absolute atomic E-state index is 3.63. The van der Waals surface area contributed by atoms with E-state index in [0.29, 0.717) is 11.1 Å². The van der Waals surface area contributed by atoms with Gasteiger partial charge in [0.2, 0.25) is 0 Å². The minimum atomic E-state index is 0. The maximum atomic E-state index is 3.63. The SMILES string of the molecule is CC1(C)CCCC(C)(C)N1.Cl.Cl.[LiH]. The van der Waals surface area contributed by atoms with E-state index in [-0.39, 0.29) is 43.7 Å². The molecule has 0 radical (unpaired) electrons. The molecule has 1 aliphatic rings. The standard InChI is InChI=1S/C9H19N.2ClH.Li.H/c1-8(2)6-5-7-9(3,4)10-8;;;;/h10H,5-7H2,1-4H3;2*1H;;. The third-order valence-electron chi connectivity index (χ3n) is 2.28. The molecule has 0 aromatic carbocycles. The van der Waals surface area contributed by atoms with Gasteiger partial charge in [0, 0.05) is 11.1 Å². The fourth-order valence-corrected chi connectivity index (χ4v) is 2.01. The molecular formula is C9H22Cl2LiN. The molecule has 1 fully saturated rings. The van der Waals surface area contributed by atoms with E-state index in [1.807, 2.05) is 0 Å². The summed E-state index contributed by atoms with van der Waals surface area (Å²) in [6, 6.07) is 0. The van der Waals surface area contributed by atoms with E-state index >= 15 is 0 Å². The van der Waals surface area contributed by atoms with Crippen molar-refractivity contribution in [2.75, 3.05) is 0 Å². The fraction of sp³-hybridized carbons (Fsp3) is 1.00. The summed E-state index contributed by atoms with van der Waals surface area (Å²) >= 11 is 0. The molecule has 0 bridgehead atoms. The molecule has 0 aromatic heterocycles. The quantitative estimate of drug-likeness (QED) is 0.621. The molecular weight excluding hydrogens is 200 g/mol. The Hall–Kier alpha value is 1.14. The van der Waals surface area contributed by atoms with Crippen LogP contribution in [0.25, 0.3) is 0 Å². The van der Waals surface area contributed by atoms with Crippen molar-refractivity contribution < 1.29 is 0 Å². The molecule has 1 rings (SSSR count). The van der Waals surface area contributed by atoms with Gasteiger partial charge in [0.1, 0.15) is 0 Å². The Bertz CT molecular complexity index is 124. The Balaban J connectivity index is -0.000000333. The number of hydrogen-bond acceptors (Lipinski definition) is 1. The average Bonchev–Trinajstić information content (AvgIpc) is 1.56. The van der Waals surface area contributed by atoms with Gasteiger partial charge in [-0.15, -0.1) is 24.8 Å². The Morgan fingerprint density at radius 2 is 1.15 bits per heavy atom. The van der Waals surface area contributed by atoms with Gasteiger partial charge in [0.05, 0.1) is 0 Å². The van der Waals surface area contributed by atoms with E-state index in [1.54, 1.807) is 0 Å². The Kier molecular flexibility index (Phi) is 9.97. The Morgan fingerprint density at radius 3 is 1.31 bits per heavy atom. The zero-order valence-corrected chi connectivity index (χ0v) is 10.1. The van der Waals surface area contributed by atoms with Gasteiger partial charge in [-0.25, -0.2) is 0 Å². The summed E-state index contributed by atoms with van der Waals surface area (Å²) in [6.45, 7) is 9.14. The number of piperidine rings is 1. The number of halogens is 2. The van der Waals surface area contributed by atoms with E-state index in [0.717, 1.165) is 0 Å². The molecule has 1 N–H and O–H groups in total. The third-order valence-corrected chi connectivity index (χ3v) is 2.28. The van der Waals surface area contributed by atoms with Crippen LogP contribution in [-0.2, 0) is 0 Å². The monoisotopic (exact) mass is 221 g/mol. The number of nitrogens with one attached hydrogen (secondary N) is 1.